The van der Waals surface area contributed by atoms with E-state index in [2.05, 4.69) is 15.0 Å². The summed E-state index contributed by atoms with van der Waals surface area (Å²) in [6.07, 6.45) is -9.51. The largest absolute Gasteiger partial charge is 0.472 e. The van der Waals surface area contributed by atoms with E-state index in [4.69, 9.17) is 33.3 Å². The van der Waals surface area contributed by atoms with Crippen LogP contribution >= 0.6 is 15.6 Å². The Balaban J connectivity index is 1.28. The van der Waals surface area contributed by atoms with Crippen LogP contribution in [0.5, 0.6) is 0 Å². The zero-order valence-corrected chi connectivity index (χ0v) is 22.7. The molecule has 6 rings (SSSR count). The summed E-state index contributed by atoms with van der Waals surface area (Å²) in [5.41, 5.74) is 4.39. The number of nitrogens with two attached hydrogens (primary N) is 1. The third-order valence-electron chi connectivity index (χ3n) is 6.72. The molecule has 6 heterocycles. The zero-order chi connectivity index (χ0) is 30.0. The molecule has 3 aromatic rings. The number of nitrogens with one attached hydrogen (secondary N) is 1. The number of fused-ring (bicyclic) bond motifs is 3. The summed E-state index contributed by atoms with van der Waals surface area (Å²) in [5.74, 6) is 0.0339. The van der Waals surface area contributed by atoms with E-state index in [-0.39, 0.29) is 17.0 Å². The molecular formula is C19H23N7O14P2. The molecule has 2 unspecified atom stereocenters. The van der Waals surface area contributed by atoms with Crippen LogP contribution < -0.4 is 17.0 Å². The van der Waals surface area contributed by atoms with Gasteiger partial charge in [0.2, 0.25) is 0 Å². The fourth-order valence-corrected chi connectivity index (χ4v) is 6.74. The van der Waals surface area contributed by atoms with Gasteiger partial charge >= 0.3 is 21.3 Å². The van der Waals surface area contributed by atoms with Crippen molar-refractivity contribution in [2.24, 2.45) is 0 Å². The average molecular weight is 635 g/mol. The van der Waals surface area contributed by atoms with Crippen LogP contribution in [0.1, 0.15) is 12.5 Å². The van der Waals surface area contributed by atoms with Crippen LogP contribution in [-0.2, 0) is 36.7 Å². The van der Waals surface area contributed by atoms with Crippen molar-refractivity contribution >= 4 is 32.6 Å². The maximum Gasteiger partial charge on any atom is 0.472 e. The van der Waals surface area contributed by atoms with Gasteiger partial charge in [0.05, 0.1) is 19.5 Å². The summed E-state index contributed by atoms with van der Waals surface area (Å²) < 4.78 is 59.6. The van der Waals surface area contributed by atoms with Crippen LogP contribution in [0.3, 0.4) is 0 Å². The zero-order valence-electron chi connectivity index (χ0n) is 20.9. The second kappa shape index (κ2) is 10.7. The van der Waals surface area contributed by atoms with Gasteiger partial charge in [0.25, 0.3) is 5.56 Å². The Morgan fingerprint density at radius 2 is 1.48 bits per heavy atom. The molecule has 3 aliphatic heterocycles. The summed E-state index contributed by atoms with van der Waals surface area (Å²) in [5, 5.41) is 21.9. The van der Waals surface area contributed by atoms with Crippen LogP contribution in [0.25, 0.3) is 11.2 Å². The van der Waals surface area contributed by atoms with Gasteiger partial charge in [-0.25, -0.2) is 28.9 Å². The third kappa shape index (κ3) is 5.34. The van der Waals surface area contributed by atoms with Crippen molar-refractivity contribution < 1.29 is 56.7 Å². The minimum absolute atomic E-state index is 0.0339. The van der Waals surface area contributed by atoms with Crippen LogP contribution in [0.4, 0.5) is 5.82 Å². The highest BCUT2D eigenvalue weighted by Gasteiger charge is 2.53. The van der Waals surface area contributed by atoms with Crippen molar-refractivity contribution in [3.8, 4) is 0 Å². The van der Waals surface area contributed by atoms with E-state index in [0.717, 1.165) is 23.2 Å². The summed E-state index contributed by atoms with van der Waals surface area (Å²) >= 11 is 0. The van der Waals surface area contributed by atoms with E-state index in [0.29, 0.717) is 0 Å². The number of hydrogen-bond acceptors (Lipinski definition) is 16. The number of nitrogens with zero attached hydrogens (tertiary/aromatic N) is 5. The standard InChI is InChI=1S/C19H23N7O14P2/c20-15-10-16(22-5-21-15)26(6-23-10)18-12(29)14-8(38-18)4-36-41(31,32)39-13-7(3-35-42(33,34)40-14)37-17(11(13)28)25-2-1-9(27)24-19(25)30/h1-2,5-8,11-14,17-18,28-29H,3-4H2,(H,31,32)(H,33,34)(H2,20,21,22)(H,24,27,30)/t7-,8-,11-,12-,13-,14-,17-,18-/m1/s1. The minimum atomic E-state index is -5.06. The van der Waals surface area contributed by atoms with Gasteiger partial charge < -0.3 is 35.2 Å². The van der Waals surface area contributed by atoms with Crippen molar-refractivity contribution in [1.29, 1.82) is 0 Å². The van der Waals surface area contributed by atoms with Crippen LogP contribution in [-0.4, -0.2) is 98.9 Å². The lowest BCUT2D eigenvalue weighted by molar-refractivity contribution is -0.0675. The number of nitrogen functional groups attached to an aromatic ring is 1. The van der Waals surface area contributed by atoms with Gasteiger partial charge in [-0.2, -0.15) is 0 Å². The minimum Gasteiger partial charge on any atom is -0.386 e. The number of rotatable bonds is 2. The predicted octanol–water partition coefficient (Wildman–Crippen LogP) is -2.51. The number of aromatic nitrogens is 6. The molecule has 3 fully saturated rings. The van der Waals surface area contributed by atoms with Crippen LogP contribution in [0.15, 0.2) is 34.5 Å². The molecule has 228 valence electrons. The topological polar surface area (TPSA) is 295 Å². The Labute approximate surface area is 232 Å². The van der Waals surface area contributed by atoms with Gasteiger partial charge in [-0.05, 0) is 0 Å². The highest BCUT2D eigenvalue weighted by atomic mass is 31.2. The molecule has 0 saturated carbocycles. The number of hydrogen-bond donors (Lipinski definition) is 6. The Hall–Kier alpha value is -2.91. The smallest absolute Gasteiger partial charge is 0.386 e. The number of ether oxygens (including phenoxy) is 2. The first-order valence-electron chi connectivity index (χ1n) is 12.1. The molecule has 0 radical (unpaired) electrons. The van der Waals surface area contributed by atoms with E-state index < -0.39 is 89.2 Å². The van der Waals surface area contributed by atoms with Crippen molar-refractivity contribution in [3.05, 3.63) is 45.8 Å². The number of aromatic amines is 1. The Morgan fingerprint density at radius 3 is 2.05 bits per heavy atom. The molecule has 0 bridgehead atoms. The lowest BCUT2D eigenvalue weighted by Gasteiger charge is -2.27. The normalized spacial score (nSPS) is 39.3. The molecule has 21 nitrogen and oxygen atoms in total. The van der Waals surface area contributed by atoms with Crippen molar-refractivity contribution in [3.63, 3.8) is 0 Å². The Kier molecular flexibility index (Phi) is 7.41. The van der Waals surface area contributed by atoms with Gasteiger partial charge in [-0.15, -0.1) is 0 Å². The van der Waals surface area contributed by atoms with E-state index >= 15 is 0 Å². The summed E-state index contributed by atoms with van der Waals surface area (Å²) in [6, 6.07) is 0.960. The molecule has 0 spiro atoms. The number of anilines is 1. The number of H-pyrrole nitrogens is 1. The molecule has 3 aliphatic rings. The average Bonchev–Trinajstić information content (AvgIpc) is 3.57. The molecule has 3 aromatic heterocycles. The third-order valence-corrected chi connectivity index (χ3v) is 8.69. The van der Waals surface area contributed by atoms with Gasteiger partial charge in [0.1, 0.15) is 48.5 Å². The van der Waals surface area contributed by atoms with E-state index in [1.165, 1.54) is 10.9 Å². The maximum atomic E-state index is 12.9. The number of aliphatic hydroxyl groups excluding tert-OH is 2. The molecule has 10 atom stereocenters. The monoisotopic (exact) mass is 635 g/mol. The SMILES string of the molecule is Nc1ncnc2c1ncn2[C@@H]1O[C@@H]2COP(=O)(O)O[C@H]3[C@@H](O)[C@H](n4ccc(=O)[nH]c4=O)O[C@@H]3COP(=O)(O)O[C@H]2[C@H]1O. The second-order valence-electron chi connectivity index (χ2n) is 9.38. The molecule has 0 amide bonds. The Bertz CT molecular complexity index is 1710. The van der Waals surface area contributed by atoms with Gasteiger partial charge in [-0.1, -0.05) is 0 Å². The number of aliphatic hydroxyl groups is 2. The number of phosphoric ester groups is 2. The molecular weight excluding hydrogens is 612 g/mol. The molecule has 0 aromatic carbocycles. The lowest BCUT2D eigenvalue weighted by Crippen LogP contribution is -2.40. The van der Waals surface area contributed by atoms with Crippen molar-refractivity contribution in [1.82, 2.24) is 29.1 Å². The first kappa shape index (κ1) is 29.2. The van der Waals surface area contributed by atoms with Crippen molar-refractivity contribution in [2.75, 3.05) is 18.9 Å². The van der Waals surface area contributed by atoms with E-state index in [1.54, 1.807) is 0 Å². The summed E-state index contributed by atoms with van der Waals surface area (Å²) in [7, 11) is -10.1. The number of phosphoric acid groups is 2. The molecule has 42 heavy (non-hydrogen) atoms. The first-order valence-corrected chi connectivity index (χ1v) is 15.1. The maximum absolute atomic E-state index is 12.9. The molecule has 3 saturated heterocycles. The van der Waals surface area contributed by atoms with Crippen LogP contribution in [0.2, 0.25) is 0 Å². The van der Waals surface area contributed by atoms with E-state index in [9.17, 15) is 38.7 Å². The quantitative estimate of drug-likeness (QED) is 0.158. The summed E-state index contributed by atoms with van der Waals surface area (Å²) in [4.78, 5) is 58.5. The van der Waals surface area contributed by atoms with E-state index in [1.807, 2.05) is 4.98 Å². The molecule has 7 N–H and O–H groups in total. The van der Waals surface area contributed by atoms with Crippen molar-refractivity contribution in [2.45, 2.75) is 49.1 Å². The predicted molar refractivity (Wildman–Crippen MR) is 132 cm³/mol. The number of imidazole rings is 1. The second-order valence-corrected chi connectivity index (χ2v) is 12.2. The highest BCUT2D eigenvalue weighted by molar-refractivity contribution is 7.47. The summed E-state index contributed by atoms with van der Waals surface area (Å²) in [6.45, 7) is -1.70. The Morgan fingerprint density at radius 1 is 0.905 bits per heavy atom. The molecule has 23 heteroatoms. The van der Waals surface area contributed by atoms with Gasteiger partial charge in [-0.3, -0.25) is 37.0 Å². The van der Waals surface area contributed by atoms with Crippen LogP contribution in [0, 0.1) is 0 Å². The fraction of sp³-hybridized carbons (Fsp3) is 0.526. The fourth-order valence-electron chi connectivity index (χ4n) is 4.82. The highest BCUT2D eigenvalue weighted by Crippen LogP contribution is 2.53. The van der Waals surface area contributed by atoms with Gasteiger partial charge in [0, 0.05) is 12.3 Å². The first-order chi connectivity index (χ1) is 19.8. The lowest BCUT2D eigenvalue weighted by atomic mass is 10.1. The van der Waals surface area contributed by atoms with Gasteiger partial charge in [0.15, 0.2) is 23.9 Å². The molecule has 0 aliphatic carbocycles.